The van der Waals surface area contributed by atoms with Gasteiger partial charge >= 0.3 is 0 Å². The van der Waals surface area contributed by atoms with E-state index in [2.05, 4.69) is 20.2 Å². The maximum absolute atomic E-state index is 5.62. The number of aromatic nitrogens is 2. The number of nitrogens with one attached hydrogen (secondary N) is 1. The van der Waals surface area contributed by atoms with Crippen molar-refractivity contribution in [1.82, 2.24) is 14.9 Å². The Labute approximate surface area is 102 Å². The van der Waals surface area contributed by atoms with Crippen LogP contribution in [0.25, 0.3) is 0 Å². The second-order valence-corrected chi connectivity index (χ2v) is 4.07. The van der Waals surface area contributed by atoms with Gasteiger partial charge in [-0.2, -0.15) is 0 Å². The number of likely N-dealkylation sites (N-methyl/N-ethyl adjacent to an activating group) is 1. The smallest absolute Gasteiger partial charge is 0.131 e. The van der Waals surface area contributed by atoms with Crippen LogP contribution in [-0.2, 0) is 4.74 Å². The molecule has 6 nitrogen and oxygen atoms in total. The Kier molecular flexibility index (Phi) is 5.65. The topological polar surface area (TPSA) is 76.3 Å². The Hall–Kier alpha value is -1.40. The van der Waals surface area contributed by atoms with Crippen LogP contribution >= 0.6 is 0 Å². The average Bonchev–Trinajstić information content (AvgIpc) is 2.21. The van der Waals surface area contributed by atoms with Gasteiger partial charge in [0.05, 0.1) is 13.2 Å². The van der Waals surface area contributed by atoms with E-state index in [1.165, 1.54) is 0 Å². The van der Waals surface area contributed by atoms with E-state index in [0.717, 1.165) is 19.0 Å². The van der Waals surface area contributed by atoms with Crippen molar-refractivity contribution in [2.75, 3.05) is 51.4 Å². The zero-order chi connectivity index (χ0) is 12.7. The molecule has 6 heteroatoms. The second-order valence-electron chi connectivity index (χ2n) is 4.07. The van der Waals surface area contributed by atoms with E-state index in [0.29, 0.717) is 24.8 Å². The number of aryl methyl sites for hydroxylation is 1. The highest BCUT2D eigenvalue weighted by atomic mass is 16.5. The minimum absolute atomic E-state index is 0.480. The molecule has 17 heavy (non-hydrogen) atoms. The molecule has 96 valence electrons. The summed E-state index contributed by atoms with van der Waals surface area (Å²) in [5.74, 6) is 1.89. The van der Waals surface area contributed by atoms with Gasteiger partial charge in [-0.25, -0.2) is 9.97 Å². The van der Waals surface area contributed by atoms with Crippen molar-refractivity contribution < 1.29 is 4.74 Å². The summed E-state index contributed by atoms with van der Waals surface area (Å²) in [7, 11) is 4.04. The van der Waals surface area contributed by atoms with E-state index in [1.807, 2.05) is 21.0 Å². The van der Waals surface area contributed by atoms with Crippen molar-refractivity contribution in [2.45, 2.75) is 6.92 Å². The molecule has 0 spiro atoms. The van der Waals surface area contributed by atoms with Crippen molar-refractivity contribution in [1.29, 1.82) is 0 Å². The van der Waals surface area contributed by atoms with Crippen LogP contribution in [0.1, 0.15) is 5.82 Å². The monoisotopic (exact) mass is 239 g/mol. The summed E-state index contributed by atoms with van der Waals surface area (Å²) in [6.45, 7) is 4.84. The first-order chi connectivity index (χ1) is 8.08. The predicted molar refractivity (Wildman–Crippen MR) is 69.0 cm³/mol. The third-order valence-electron chi connectivity index (χ3n) is 2.09. The van der Waals surface area contributed by atoms with Crippen LogP contribution < -0.4 is 11.1 Å². The molecule has 0 fully saturated rings. The van der Waals surface area contributed by atoms with Crippen LogP contribution in [-0.4, -0.2) is 55.3 Å². The normalized spacial score (nSPS) is 10.8. The number of nitrogens with two attached hydrogens (primary N) is 1. The minimum atomic E-state index is 0.480. The van der Waals surface area contributed by atoms with Crippen molar-refractivity contribution in [3.05, 3.63) is 11.9 Å². The predicted octanol–water partition coefficient (Wildman–Crippen LogP) is 0.357. The Morgan fingerprint density at radius 1 is 1.35 bits per heavy atom. The van der Waals surface area contributed by atoms with Gasteiger partial charge in [0.15, 0.2) is 0 Å². The summed E-state index contributed by atoms with van der Waals surface area (Å²) in [6, 6.07) is 1.72. The molecular formula is C11H21N5O. The number of anilines is 2. The molecule has 0 bridgehead atoms. The van der Waals surface area contributed by atoms with Gasteiger partial charge in [0.2, 0.25) is 0 Å². The molecule has 0 amide bonds. The maximum atomic E-state index is 5.62. The molecular weight excluding hydrogens is 218 g/mol. The average molecular weight is 239 g/mol. The van der Waals surface area contributed by atoms with Crippen LogP contribution in [0.4, 0.5) is 11.6 Å². The molecule has 0 aliphatic rings. The van der Waals surface area contributed by atoms with E-state index in [4.69, 9.17) is 10.5 Å². The molecule has 0 atom stereocenters. The third-order valence-corrected chi connectivity index (χ3v) is 2.09. The number of hydrogen-bond acceptors (Lipinski definition) is 6. The van der Waals surface area contributed by atoms with Gasteiger partial charge < -0.3 is 20.7 Å². The lowest BCUT2D eigenvalue weighted by Crippen LogP contribution is -2.20. The van der Waals surface area contributed by atoms with Gasteiger partial charge in [0.25, 0.3) is 0 Å². The van der Waals surface area contributed by atoms with Crippen molar-refractivity contribution in [3.8, 4) is 0 Å². The third kappa shape index (κ3) is 6.03. The number of nitrogen functional groups attached to an aromatic ring is 1. The molecule has 0 aromatic carbocycles. The summed E-state index contributed by atoms with van der Waals surface area (Å²) in [4.78, 5) is 10.3. The highest BCUT2D eigenvalue weighted by Crippen LogP contribution is 2.06. The Morgan fingerprint density at radius 3 is 2.76 bits per heavy atom. The number of hydrogen-bond donors (Lipinski definition) is 2. The molecule has 0 radical (unpaired) electrons. The molecule has 0 saturated heterocycles. The van der Waals surface area contributed by atoms with Gasteiger partial charge in [-0.15, -0.1) is 0 Å². The molecule has 0 aliphatic heterocycles. The molecule has 0 aliphatic carbocycles. The van der Waals surface area contributed by atoms with Crippen LogP contribution in [0.3, 0.4) is 0 Å². The number of nitrogens with zero attached hydrogens (tertiary/aromatic N) is 3. The summed E-state index contributed by atoms with van der Waals surface area (Å²) in [5, 5.41) is 3.14. The second kappa shape index (κ2) is 7.03. The standard InChI is InChI=1S/C11H21N5O/c1-9-14-10(12)8-11(15-9)13-4-6-17-7-5-16(2)3/h8H,4-7H2,1-3H3,(H3,12,13,14,15). The zero-order valence-electron chi connectivity index (χ0n) is 10.7. The van der Waals surface area contributed by atoms with Gasteiger partial charge in [-0.1, -0.05) is 0 Å². The van der Waals surface area contributed by atoms with Crippen LogP contribution in [0.15, 0.2) is 6.07 Å². The van der Waals surface area contributed by atoms with Crippen molar-refractivity contribution in [3.63, 3.8) is 0 Å². The highest BCUT2D eigenvalue weighted by Gasteiger charge is 1.98. The molecule has 0 saturated carbocycles. The molecule has 0 unspecified atom stereocenters. The quantitative estimate of drug-likeness (QED) is 0.669. The fourth-order valence-corrected chi connectivity index (χ4v) is 1.28. The Morgan fingerprint density at radius 2 is 2.12 bits per heavy atom. The first-order valence-electron chi connectivity index (χ1n) is 5.65. The van der Waals surface area contributed by atoms with E-state index in [1.54, 1.807) is 6.07 Å². The van der Waals surface area contributed by atoms with E-state index in [-0.39, 0.29) is 0 Å². The fourth-order valence-electron chi connectivity index (χ4n) is 1.28. The molecule has 1 aromatic rings. The van der Waals surface area contributed by atoms with Gasteiger partial charge in [-0.3, -0.25) is 0 Å². The first kappa shape index (κ1) is 13.7. The summed E-state index contributed by atoms with van der Waals surface area (Å²) >= 11 is 0. The lowest BCUT2D eigenvalue weighted by molar-refractivity contribution is 0.126. The maximum Gasteiger partial charge on any atom is 0.131 e. The van der Waals surface area contributed by atoms with E-state index < -0.39 is 0 Å². The van der Waals surface area contributed by atoms with E-state index >= 15 is 0 Å². The SMILES string of the molecule is Cc1nc(N)cc(NCCOCCN(C)C)n1. The molecule has 1 heterocycles. The summed E-state index contributed by atoms with van der Waals surface area (Å²) < 4.78 is 5.45. The largest absolute Gasteiger partial charge is 0.384 e. The van der Waals surface area contributed by atoms with Crippen LogP contribution in [0, 0.1) is 6.92 Å². The van der Waals surface area contributed by atoms with Crippen LogP contribution in [0.5, 0.6) is 0 Å². The highest BCUT2D eigenvalue weighted by molar-refractivity contribution is 5.44. The number of ether oxygens (including phenoxy) is 1. The van der Waals surface area contributed by atoms with Crippen molar-refractivity contribution >= 4 is 11.6 Å². The van der Waals surface area contributed by atoms with Crippen LogP contribution in [0.2, 0.25) is 0 Å². The van der Waals surface area contributed by atoms with E-state index in [9.17, 15) is 0 Å². The number of rotatable bonds is 7. The lowest BCUT2D eigenvalue weighted by atomic mass is 10.5. The van der Waals surface area contributed by atoms with Gasteiger partial charge in [0, 0.05) is 19.2 Å². The summed E-state index contributed by atoms with van der Waals surface area (Å²) in [5.41, 5.74) is 5.62. The Bertz CT molecular complexity index is 322. The van der Waals surface area contributed by atoms with Crippen molar-refractivity contribution in [2.24, 2.45) is 0 Å². The summed E-state index contributed by atoms with van der Waals surface area (Å²) in [6.07, 6.45) is 0. The molecule has 3 N–H and O–H groups in total. The molecule has 1 aromatic heterocycles. The van der Waals surface area contributed by atoms with Gasteiger partial charge in [-0.05, 0) is 21.0 Å². The van der Waals surface area contributed by atoms with Gasteiger partial charge in [0.1, 0.15) is 17.5 Å². The first-order valence-corrected chi connectivity index (χ1v) is 5.65. The molecule has 1 rings (SSSR count). The zero-order valence-corrected chi connectivity index (χ0v) is 10.7. The minimum Gasteiger partial charge on any atom is -0.384 e. The Balaban J connectivity index is 2.18. The lowest BCUT2D eigenvalue weighted by Gasteiger charge is -2.10. The fraction of sp³-hybridized carbons (Fsp3) is 0.636.